The fourth-order valence-corrected chi connectivity index (χ4v) is 3.83. The molecule has 142 valence electrons. The third kappa shape index (κ3) is 3.64. The number of anilines is 2. The van der Waals surface area contributed by atoms with Crippen molar-refractivity contribution in [3.8, 4) is 0 Å². The first kappa shape index (κ1) is 17.0. The molecule has 5 rings (SSSR count). The first-order chi connectivity index (χ1) is 13.8. The Morgan fingerprint density at radius 2 is 1.86 bits per heavy atom. The summed E-state index contributed by atoms with van der Waals surface area (Å²) in [4.78, 5) is 7.25. The summed E-state index contributed by atoms with van der Waals surface area (Å²) in [5, 5.41) is 8.18. The minimum absolute atomic E-state index is 0.422. The average molecular weight is 373 g/mol. The second kappa shape index (κ2) is 7.48. The van der Waals surface area contributed by atoms with Crippen LogP contribution in [0.3, 0.4) is 0 Å². The molecule has 6 heteroatoms. The third-order valence-electron chi connectivity index (χ3n) is 5.35. The van der Waals surface area contributed by atoms with Crippen LogP contribution in [0, 0.1) is 0 Å². The van der Waals surface area contributed by atoms with E-state index in [9.17, 15) is 0 Å². The average Bonchev–Trinajstić information content (AvgIpc) is 3.39. The fraction of sp³-hybridized carbons (Fsp3) is 0.273. The van der Waals surface area contributed by atoms with Crippen LogP contribution >= 0.6 is 0 Å². The number of benzene rings is 1. The number of pyridine rings is 1. The smallest absolute Gasteiger partial charge is 0.155 e. The van der Waals surface area contributed by atoms with Gasteiger partial charge in [-0.1, -0.05) is 18.2 Å². The quantitative estimate of drug-likeness (QED) is 0.560. The van der Waals surface area contributed by atoms with Crippen molar-refractivity contribution in [1.29, 1.82) is 0 Å². The molecule has 3 aromatic heterocycles. The number of rotatable bonds is 5. The van der Waals surface area contributed by atoms with Gasteiger partial charge in [0.1, 0.15) is 0 Å². The maximum absolute atomic E-state index is 5.17. The van der Waals surface area contributed by atoms with Crippen molar-refractivity contribution in [3.05, 3.63) is 78.6 Å². The number of hydrogen-bond donors (Lipinski definition) is 1. The van der Waals surface area contributed by atoms with Crippen LogP contribution in [0.15, 0.2) is 71.7 Å². The van der Waals surface area contributed by atoms with Crippen molar-refractivity contribution in [3.63, 3.8) is 0 Å². The number of hydrogen-bond acceptors (Lipinski definition) is 5. The number of nitrogens with one attached hydrogen (secondary N) is 1. The predicted octanol–water partition coefficient (Wildman–Crippen LogP) is 4.45. The Bertz CT molecular complexity index is 1030. The second-order valence-electron chi connectivity index (χ2n) is 7.36. The van der Waals surface area contributed by atoms with Crippen molar-refractivity contribution in [2.24, 2.45) is 0 Å². The molecule has 1 aliphatic rings. The van der Waals surface area contributed by atoms with E-state index in [4.69, 9.17) is 14.5 Å². The summed E-state index contributed by atoms with van der Waals surface area (Å²) in [6.45, 7) is 3.08. The van der Waals surface area contributed by atoms with Crippen molar-refractivity contribution in [2.75, 3.05) is 18.4 Å². The van der Waals surface area contributed by atoms with E-state index in [2.05, 4.69) is 10.2 Å². The van der Waals surface area contributed by atoms with Gasteiger partial charge in [0.25, 0.3) is 0 Å². The van der Waals surface area contributed by atoms with Gasteiger partial charge in [-0.05, 0) is 56.3 Å². The summed E-state index contributed by atoms with van der Waals surface area (Å²) in [6.07, 6.45) is 7.75. The molecule has 1 N–H and O–H groups in total. The summed E-state index contributed by atoms with van der Waals surface area (Å²) in [5.41, 5.74) is 4.20. The van der Waals surface area contributed by atoms with Crippen LogP contribution in [0.25, 0.3) is 5.65 Å². The molecule has 1 saturated heterocycles. The van der Waals surface area contributed by atoms with Gasteiger partial charge in [0.05, 0.1) is 24.4 Å². The molecule has 0 spiro atoms. The Kier molecular flexibility index (Phi) is 4.54. The molecular weight excluding hydrogens is 350 g/mol. The van der Waals surface area contributed by atoms with E-state index in [0.29, 0.717) is 5.92 Å². The Morgan fingerprint density at radius 3 is 2.64 bits per heavy atom. The lowest BCUT2D eigenvalue weighted by molar-refractivity contribution is 0.201. The molecule has 0 amide bonds. The summed E-state index contributed by atoms with van der Waals surface area (Å²) < 4.78 is 7.06. The maximum Gasteiger partial charge on any atom is 0.155 e. The summed E-state index contributed by atoms with van der Waals surface area (Å²) in [7, 11) is 0. The van der Waals surface area contributed by atoms with Gasteiger partial charge in [-0.15, -0.1) is 0 Å². The van der Waals surface area contributed by atoms with Crippen molar-refractivity contribution < 1.29 is 4.42 Å². The van der Waals surface area contributed by atoms with Gasteiger partial charge in [-0.25, -0.2) is 9.50 Å². The molecular formula is C22H23N5O. The molecule has 1 aromatic carbocycles. The van der Waals surface area contributed by atoms with E-state index < -0.39 is 0 Å². The monoisotopic (exact) mass is 373 g/mol. The highest BCUT2D eigenvalue weighted by Crippen LogP contribution is 2.27. The van der Waals surface area contributed by atoms with Crippen LogP contribution in [0.2, 0.25) is 0 Å². The van der Waals surface area contributed by atoms with Gasteiger partial charge in [-0.3, -0.25) is 4.90 Å². The molecule has 0 atom stereocenters. The van der Waals surface area contributed by atoms with Gasteiger partial charge in [0.2, 0.25) is 0 Å². The Labute approximate surface area is 163 Å². The Hall–Kier alpha value is -3.12. The highest BCUT2D eigenvalue weighted by Gasteiger charge is 2.24. The van der Waals surface area contributed by atoms with Crippen molar-refractivity contribution in [2.45, 2.75) is 25.3 Å². The number of aromatic nitrogens is 3. The minimum atomic E-state index is 0.422. The minimum Gasteiger partial charge on any atom is -0.472 e. The SMILES string of the molecule is c1ccc(Nc2ccc3nc(C4CCN(Cc5ccoc5)CC4)nn3c2)cc1. The highest BCUT2D eigenvalue weighted by molar-refractivity contribution is 5.60. The molecule has 1 fully saturated rings. The number of piperidine rings is 1. The Balaban J connectivity index is 1.26. The van der Waals surface area contributed by atoms with Crippen LogP contribution in [0.5, 0.6) is 0 Å². The largest absolute Gasteiger partial charge is 0.472 e. The highest BCUT2D eigenvalue weighted by atomic mass is 16.3. The van der Waals surface area contributed by atoms with E-state index in [0.717, 1.165) is 55.3 Å². The summed E-state index contributed by atoms with van der Waals surface area (Å²) >= 11 is 0. The molecule has 1 aliphatic heterocycles. The molecule has 0 aliphatic carbocycles. The normalized spacial score (nSPS) is 15.9. The number of likely N-dealkylation sites (tertiary alicyclic amines) is 1. The van der Waals surface area contributed by atoms with E-state index in [1.165, 1.54) is 5.56 Å². The van der Waals surface area contributed by atoms with Gasteiger partial charge < -0.3 is 9.73 Å². The zero-order valence-electron chi connectivity index (χ0n) is 15.7. The summed E-state index contributed by atoms with van der Waals surface area (Å²) in [5.74, 6) is 1.38. The topological polar surface area (TPSA) is 58.6 Å². The van der Waals surface area contributed by atoms with E-state index in [1.807, 2.05) is 65.5 Å². The van der Waals surface area contributed by atoms with E-state index >= 15 is 0 Å². The van der Waals surface area contributed by atoms with Crippen LogP contribution in [-0.4, -0.2) is 32.6 Å². The van der Waals surface area contributed by atoms with Crippen molar-refractivity contribution in [1.82, 2.24) is 19.5 Å². The van der Waals surface area contributed by atoms with Gasteiger partial charge in [0, 0.05) is 23.7 Å². The third-order valence-corrected chi connectivity index (χ3v) is 5.35. The van der Waals surface area contributed by atoms with Crippen LogP contribution in [-0.2, 0) is 6.54 Å². The van der Waals surface area contributed by atoms with Crippen LogP contribution < -0.4 is 5.32 Å². The molecule has 4 heterocycles. The number of fused-ring (bicyclic) bond motifs is 1. The zero-order chi connectivity index (χ0) is 18.8. The molecule has 0 radical (unpaired) electrons. The molecule has 0 saturated carbocycles. The van der Waals surface area contributed by atoms with E-state index in [1.54, 1.807) is 6.26 Å². The summed E-state index contributed by atoms with van der Waals surface area (Å²) in [6, 6.07) is 16.3. The first-order valence-corrected chi connectivity index (χ1v) is 9.75. The number of nitrogens with zero attached hydrogens (tertiary/aromatic N) is 4. The maximum atomic E-state index is 5.17. The van der Waals surface area contributed by atoms with Crippen LogP contribution in [0.4, 0.5) is 11.4 Å². The van der Waals surface area contributed by atoms with Gasteiger partial charge in [-0.2, -0.15) is 5.10 Å². The molecule has 0 unspecified atom stereocenters. The second-order valence-corrected chi connectivity index (χ2v) is 7.36. The van der Waals surface area contributed by atoms with E-state index in [-0.39, 0.29) is 0 Å². The number of furan rings is 1. The van der Waals surface area contributed by atoms with Gasteiger partial charge in [0.15, 0.2) is 11.5 Å². The van der Waals surface area contributed by atoms with Crippen LogP contribution in [0.1, 0.15) is 30.1 Å². The zero-order valence-corrected chi connectivity index (χ0v) is 15.7. The predicted molar refractivity (Wildman–Crippen MR) is 109 cm³/mol. The molecule has 28 heavy (non-hydrogen) atoms. The molecule has 6 nitrogen and oxygen atoms in total. The standard InChI is InChI=1S/C22H23N5O/c1-2-4-19(5-3-1)23-20-6-7-21-24-22(25-27(21)15-20)18-8-11-26(12-9-18)14-17-10-13-28-16-17/h1-7,10,13,15-16,18,23H,8-9,11-12,14H2. The first-order valence-electron chi connectivity index (χ1n) is 9.75. The molecule has 0 bridgehead atoms. The van der Waals surface area contributed by atoms with Gasteiger partial charge >= 0.3 is 0 Å². The van der Waals surface area contributed by atoms with Crippen molar-refractivity contribution >= 4 is 17.0 Å². The lowest BCUT2D eigenvalue weighted by Gasteiger charge is -2.30. The Morgan fingerprint density at radius 1 is 1.00 bits per heavy atom. The number of para-hydroxylation sites is 1. The lowest BCUT2D eigenvalue weighted by Crippen LogP contribution is -2.32. The lowest BCUT2D eigenvalue weighted by atomic mass is 9.96. The molecule has 4 aromatic rings. The fourth-order valence-electron chi connectivity index (χ4n) is 3.83.